The van der Waals surface area contributed by atoms with Crippen LogP contribution in [0.3, 0.4) is 0 Å². The fraction of sp³-hybridized carbons (Fsp3) is 0.643. The number of piperidine rings is 1. The molecule has 218 valence electrons. The van der Waals surface area contributed by atoms with Crippen molar-refractivity contribution in [3.8, 4) is 5.75 Å². The summed E-state index contributed by atoms with van der Waals surface area (Å²) in [5.41, 5.74) is 4.97. The molecule has 0 spiro atoms. The molecule has 0 aromatic heterocycles. The van der Waals surface area contributed by atoms with Crippen LogP contribution in [0.5, 0.6) is 5.75 Å². The van der Waals surface area contributed by atoms with Gasteiger partial charge in [0, 0.05) is 30.6 Å². The number of nitrogens with zero attached hydrogens (tertiary/aromatic N) is 2. The van der Waals surface area contributed by atoms with E-state index in [1.807, 2.05) is 13.8 Å². The maximum absolute atomic E-state index is 15.0. The average molecular weight is 551 g/mol. The fourth-order valence-corrected chi connectivity index (χ4v) is 4.21. The maximum Gasteiger partial charge on any atom is 0.408 e. The van der Waals surface area contributed by atoms with E-state index in [1.54, 1.807) is 31.7 Å². The molecule has 39 heavy (non-hydrogen) atoms. The molecule has 1 heterocycles. The summed E-state index contributed by atoms with van der Waals surface area (Å²) in [5.74, 6) is -0.0859. The number of nitrogens with one attached hydrogen (secondary N) is 1. The Morgan fingerprint density at radius 2 is 1.82 bits per heavy atom. The van der Waals surface area contributed by atoms with Crippen molar-refractivity contribution in [1.82, 2.24) is 10.2 Å². The molecule has 0 radical (unpaired) electrons. The minimum atomic E-state index is -1.37. The lowest BCUT2D eigenvalue weighted by molar-refractivity contribution is -0.143. The molecule has 2 rings (SSSR count). The second-order valence-corrected chi connectivity index (χ2v) is 11.2. The first-order chi connectivity index (χ1) is 18.2. The Hall–Kier alpha value is -3.37. The first-order valence-electron chi connectivity index (χ1n) is 13.3. The van der Waals surface area contributed by atoms with E-state index in [2.05, 4.69) is 17.2 Å². The largest absolute Gasteiger partial charge is 0.493 e. The third-order valence-electron chi connectivity index (χ3n) is 6.65. The molecule has 0 aliphatic carbocycles. The standard InChI is InChI=1S/C28H43FN4O6/c1-17(2)24(30)32-26(35)33-13-10-19(11-14-33)18(3)12-15-38-20-8-9-21(22(29)16-20)23(25(34)37-7)31-27(36)39-28(4,5)6/h8-9,16-19,23H,10-15H2,1-7H3,(H,31,36)(H2,30,32,35)/t18-,23+/m1/s1. The van der Waals surface area contributed by atoms with Crippen LogP contribution in [0.1, 0.15) is 72.4 Å². The molecule has 3 N–H and O–H groups in total. The molecule has 0 saturated carbocycles. The van der Waals surface area contributed by atoms with Gasteiger partial charge in [-0.1, -0.05) is 20.8 Å². The lowest BCUT2D eigenvalue weighted by atomic mass is 9.84. The Labute approximate surface area is 230 Å². The van der Waals surface area contributed by atoms with Crippen LogP contribution in [0.2, 0.25) is 0 Å². The molecule has 0 unspecified atom stereocenters. The van der Waals surface area contributed by atoms with Crippen LogP contribution in [-0.2, 0) is 14.3 Å². The number of benzene rings is 1. The van der Waals surface area contributed by atoms with Crippen molar-refractivity contribution < 1.29 is 33.0 Å². The van der Waals surface area contributed by atoms with Gasteiger partial charge in [0.2, 0.25) is 0 Å². The van der Waals surface area contributed by atoms with E-state index in [0.29, 0.717) is 43.1 Å². The molecule has 10 nitrogen and oxygen atoms in total. The van der Waals surface area contributed by atoms with Gasteiger partial charge < -0.3 is 30.2 Å². The summed E-state index contributed by atoms with van der Waals surface area (Å²) in [7, 11) is 1.15. The SMILES string of the molecule is COC(=O)[C@@H](NC(=O)OC(C)(C)C)c1ccc(OCC[C@@H](C)C2CCN(C(=O)N=C(N)C(C)C)CC2)cc1F. The van der Waals surface area contributed by atoms with Crippen LogP contribution >= 0.6 is 0 Å². The van der Waals surface area contributed by atoms with E-state index >= 15 is 0 Å². The second kappa shape index (κ2) is 14.1. The van der Waals surface area contributed by atoms with E-state index in [1.165, 1.54) is 12.1 Å². The minimum Gasteiger partial charge on any atom is -0.493 e. The molecule has 1 aromatic carbocycles. The van der Waals surface area contributed by atoms with Crippen LogP contribution in [0.15, 0.2) is 23.2 Å². The summed E-state index contributed by atoms with van der Waals surface area (Å²) < 4.78 is 30.7. The molecular formula is C28H43FN4O6. The number of ether oxygens (including phenoxy) is 3. The van der Waals surface area contributed by atoms with Gasteiger partial charge in [0.1, 0.15) is 23.0 Å². The van der Waals surface area contributed by atoms with Gasteiger partial charge in [0.05, 0.1) is 13.7 Å². The summed E-state index contributed by atoms with van der Waals surface area (Å²) in [5, 5.41) is 2.37. The molecule has 1 saturated heterocycles. The van der Waals surface area contributed by atoms with E-state index < -0.39 is 29.5 Å². The number of carbonyl (C=O) groups excluding carboxylic acids is 3. The minimum absolute atomic E-state index is 0.0272. The van der Waals surface area contributed by atoms with Gasteiger partial charge in [-0.3, -0.25) is 0 Å². The number of nitrogens with two attached hydrogens (primary N) is 1. The van der Waals surface area contributed by atoms with Crippen molar-refractivity contribution in [2.75, 3.05) is 26.8 Å². The van der Waals surface area contributed by atoms with E-state index in [-0.39, 0.29) is 17.5 Å². The zero-order valence-corrected chi connectivity index (χ0v) is 24.1. The van der Waals surface area contributed by atoms with Gasteiger partial charge in [0.25, 0.3) is 0 Å². The van der Waals surface area contributed by atoms with E-state index in [0.717, 1.165) is 26.4 Å². The quantitative estimate of drug-likeness (QED) is 0.256. The highest BCUT2D eigenvalue weighted by atomic mass is 19.1. The van der Waals surface area contributed by atoms with Gasteiger partial charge in [0.15, 0.2) is 6.04 Å². The number of carbonyl (C=O) groups is 3. The average Bonchev–Trinajstić information content (AvgIpc) is 2.86. The Bertz CT molecular complexity index is 1030. The van der Waals surface area contributed by atoms with Gasteiger partial charge in [-0.15, -0.1) is 0 Å². The highest BCUT2D eigenvalue weighted by molar-refractivity contribution is 5.93. The van der Waals surface area contributed by atoms with Gasteiger partial charge in [-0.2, -0.15) is 4.99 Å². The molecule has 0 bridgehead atoms. The predicted octanol–water partition coefficient (Wildman–Crippen LogP) is 4.81. The van der Waals surface area contributed by atoms with Crippen LogP contribution in [0.25, 0.3) is 0 Å². The smallest absolute Gasteiger partial charge is 0.408 e. The summed E-state index contributed by atoms with van der Waals surface area (Å²) in [6, 6.07) is 2.46. The van der Waals surface area contributed by atoms with Crippen molar-refractivity contribution in [2.24, 2.45) is 28.5 Å². The molecule has 1 fully saturated rings. The van der Waals surface area contributed by atoms with Gasteiger partial charge >= 0.3 is 18.1 Å². The number of urea groups is 1. The number of hydrogen-bond acceptors (Lipinski definition) is 6. The predicted molar refractivity (Wildman–Crippen MR) is 146 cm³/mol. The molecule has 3 amide bonds. The Morgan fingerprint density at radius 3 is 2.36 bits per heavy atom. The van der Waals surface area contributed by atoms with Gasteiger partial charge in [-0.05, 0) is 64.0 Å². The monoisotopic (exact) mass is 550 g/mol. The number of rotatable bonds is 9. The van der Waals surface area contributed by atoms with E-state index in [4.69, 9.17) is 19.9 Å². The summed E-state index contributed by atoms with van der Waals surface area (Å²) in [6.45, 7) is 12.6. The topological polar surface area (TPSA) is 133 Å². The summed E-state index contributed by atoms with van der Waals surface area (Å²) >= 11 is 0. The molecule has 1 aliphatic heterocycles. The zero-order valence-electron chi connectivity index (χ0n) is 24.1. The highest BCUT2D eigenvalue weighted by Gasteiger charge is 2.29. The van der Waals surface area contributed by atoms with Crippen molar-refractivity contribution >= 4 is 23.9 Å². The Balaban J connectivity index is 1.90. The van der Waals surface area contributed by atoms with Crippen molar-refractivity contribution in [2.45, 2.75) is 72.4 Å². The van der Waals surface area contributed by atoms with E-state index in [9.17, 15) is 18.8 Å². The number of halogens is 1. The van der Waals surface area contributed by atoms with Crippen molar-refractivity contribution in [3.05, 3.63) is 29.6 Å². The number of hydrogen-bond donors (Lipinski definition) is 2. The van der Waals surface area contributed by atoms with Crippen LogP contribution < -0.4 is 15.8 Å². The Morgan fingerprint density at radius 1 is 1.18 bits per heavy atom. The number of amidine groups is 1. The summed E-state index contributed by atoms with van der Waals surface area (Å²) in [6.07, 6.45) is 1.62. The number of aliphatic imine (C=N–C) groups is 1. The lowest BCUT2D eigenvalue weighted by Gasteiger charge is -2.34. The highest BCUT2D eigenvalue weighted by Crippen LogP contribution is 2.28. The zero-order chi connectivity index (χ0) is 29.3. The van der Waals surface area contributed by atoms with Crippen LogP contribution in [0.4, 0.5) is 14.0 Å². The van der Waals surface area contributed by atoms with Gasteiger partial charge in [-0.25, -0.2) is 18.8 Å². The first-order valence-corrected chi connectivity index (χ1v) is 13.3. The fourth-order valence-electron chi connectivity index (χ4n) is 4.21. The third kappa shape index (κ3) is 10.0. The maximum atomic E-state index is 15.0. The number of methoxy groups -OCH3 is 1. The molecule has 1 aromatic rings. The lowest BCUT2D eigenvalue weighted by Crippen LogP contribution is -2.39. The normalized spacial score (nSPS) is 16.4. The number of alkyl carbamates (subject to hydrolysis) is 1. The first kappa shape index (κ1) is 31.8. The molecular weight excluding hydrogens is 507 g/mol. The number of amides is 3. The third-order valence-corrected chi connectivity index (χ3v) is 6.65. The van der Waals surface area contributed by atoms with Crippen molar-refractivity contribution in [1.29, 1.82) is 0 Å². The molecule has 11 heteroatoms. The number of esters is 1. The molecule has 1 aliphatic rings. The molecule has 2 atom stereocenters. The number of likely N-dealkylation sites (tertiary alicyclic amines) is 1. The van der Waals surface area contributed by atoms with Crippen LogP contribution in [-0.4, -0.2) is 61.2 Å². The van der Waals surface area contributed by atoms with Crippen LogP contribution in [0, 0.1) is 23.6 Å². The second-order valence-electron chi connectivity index (χ2n) is 11.2. The Kier molecular flexibility index (Phi) is 11.5. The summed E-state index contributed by atoms with van der Waals surface area (Å²) in [4.78, 5) is 42.5. The van der Waals surface area contributed by atoms with Crippen molar-refractivity contribution in [3.63, 3.8) is 0 Å².